The van der Waals surface area contributed by atoms with Gasteiger partial charge in [0.05, 0.1) is 29.4 Å². The first-order chi connectivity index (χ1) is 15.8. The smallest absolute Gasteiger partial charge is 0.395 e. The van der Waals surface area contributed by atoms with Crippen molar-refractivity contribution in [1.29, 1.82) is 0 Å². The molecule has 182 valence electrons. The highest BCUT2D eigenvalue weighted by Gasteiger charge is 2.67. The van der Waals surface area contributed by atoms with Gasteiger partial charge in [-0.3, -0.25) is 0 Å². The lowest BCUT2D eigenvalue weighted by Crippen LogP contribution is -2.20. The number of aliphatic hydroxyl groups excluding tert-OH is 1. The normalized spacial score (nSPS) is 14.2. The number of likely N-dealkylation sites (N-methyl/N-ethyl adjacent to an activating group) is 1. The van der Waals surface area contributed by atoms with Gasteiger partial charge in [0.2, 0.25) is 0 Å². The SMILES string of the molecule is CN(CCO)c1ccc(N=Nc2ccc(N=Nc3ccc(OS(F)(F)(F)(F)F)cc3)cc2)cc1. The summed E-state index contributed by atoms with van der Waals surface area (Å²) in [6.45, 7) is 0.571. The summed E-state index contributed by atoms with van der Waals surface area (Å²) in [6.07, 6.45) is 0. The van der Waals surface area contributed by atoms with Crippen LogP contribution in [0.1, 0.15) is 0 Å². The minimum atomic E-state index is -10.0. The minimum Gasteiger partial charge on any atom is -0.395 e. The molecule has 0 aromatic heterocycles. The Kier molecular flexibility index (Phi) is 6.62. The maximum absolute atomic E-state index is 12.3. The van der Waals surface area contributed by atoms with Crippen LogP contribution in [0.5, 0.6) is 5.75 Å². The van der Waals surface area contributed by atoms with Crippen LogP contribution in [-0.2, 0) is 0 Å². The maximum atomic E-state index is 12.3. The average Bonchev–Trinajstić information content (AvgIpc) is 2.76. The molecular formula is C21H20F5N5O2S. The lowest BCUT2D eigenvalue weighted by Gasteiger charge is -2.39. The largest absolute Gasteiger partial charge is 0.435 e. The molecule has 0 aliphatic rings. The van der Waals surface area contributed by atoms with Gasteiger partial charge in [-0.05, 0) is 72.8 Å². The maximum Gasteiger partial charge on any atom is 0.435 e. The van der Waals surface area contributed by atoms with Crippen molar-refractivity contribution in [3.63, 3.8) is 0 Å². The number of anilines is 1. The van der Waals surface area contributed by atoms with Crippen molar-refractivity contribution < 1.29 is 28.7 Å². The van der Waals surface area contributed by atoms with Gasteiger partial charge in [0.15, 0.2) is 0 Å². The van der Waals surface area contributed by atoms with E-state index in [0.29, 0.717) is 23.6 Å². The molecule has 1 N–H and O–H groups in total. The highest BCUT2D eigenvalue weighted by Crippen LogP contribution is 2.97. The molecule has 0 radical (unpaired) electrons. The van der Waals surface area contributed by atoms with Crippen molar-refractivity contribution in [2.75, 3.05) is 25.1 Å². The molecule has 7 nitrogen and oxygen atoms in total. The summed E-state index contributed by atoms with van der Waals surface area (Å²) in [7, 11) is -8.15. The van der Waals surface area contributed by atoms with Crippen LogP contribution < -0.4 is 9.08 Å². The van der Waals surface area contributed by atoms with Gasteiger partial charge in [0.1, 0.15) is 5.75 Å². The number of hydrogen-bond acceptors (Lipinski definition) is 7. The summed E-state index contributed by atoms with van der Waals surface area (Å²) in [5, 5.41) is 25.0. The molecule has 0 aliphatic heterocycles. The van der Waals surface area contributed by atoms with E-state index in [1.807, 2.05) is 24.1 Å². The summed E-state index contributed by atoms with van der Waals surface area (Å²) in [6, 6.07) is 17.4. The molecule has 34 heavy (non-hydrogen) atoms. The van der Waals surface area contributed by atoms with E-state index in [1.54, 1.807) is 36.4 Å². The Labute approximate surface area is 192 Å². The summed E-state index contributed by atoms with van der Waals surface area (Å²) in [5.74, 6) is -1.04. The van der Waals surface area contributed by atoms with E-state index in [9.17, 15) is 19.4 Å². The Morgan fingerprint density at radius 3 is 1.38 bits per heavy atom. The molecule has 3 rings (SSSR count). The Morgan fingerprint density at radius 1 is 0.676 bits per heavy atom. The Morgan fingerprint density at radius 2 is 1.03 bits per heavy atom. The van der Waals surface area contributed by atoms with Crippen LogP contribution in [0.4, 0.5) is 47.9 Å². The van der Waals surface area contributed by atoms with Crippen molar-refractivity contribution in [2.24, 2.45) is 20.5 Å². The highest BCUT2D eigenvalue weighted by atomic mass is 32.5. The van der Waals surface area contributed by atoms with E-state index in [-0.39, 0.29) is 12.3 Å². The van der Waals surface area contributed by atoms with E-state index in [4.69, 9.17) is 5.11 Å². The van der Waals surface area contributed by atoms with Gasteiger partial charge >= 0.3 is 10.5 Å². The molecule has 0 spiro atoms. The fraction of sp³-hybridized carbons (Fsp3) is 0.143. The Hall–Kier alpha value is -3.58. The Bertz CT molecular complexity index is 1170. The van der Waals surface area contributed by atoms with E-state index < -0.39 is 16.3 Å². The van der Waals surface area contributed by atoms with Crippen molar-refractivity contribution in [1.82, 2.24) is 0 Å². The summed E-state index contributed by atoms with van der Waals surface area (Å²) < 4.78 is 64.7. The molecule has 0 saturated heterocycles. The van der Waals surface area contributed by atoms with Crippen LogP contribution >= 0.6 is 10.5 Å². The number of benzene rings is 3. The van der Waals surface area contributed by atoms with Crippen LogP contribution in [0.15, 0.2) is 93.3 Å². The predicted molar refractivity (Wildman–Crippen MR) is 122 cm³/mol. The minimum absolute atomic E-state index is 0.0547. The van der Waals surface area contributed by atoms with Crippen LogP contribution in [-0.4, -0.2) is 25.3 Å². The molecule has 0 unspecified atom stereocenters. The van der Waals surface area contributed by atoms with Gasteiger partial charge < -0.3 is 14.2 Å². The molecule has 0 bridgehead atoms. The number of nitrogens with zero attached hydrogens (tertiary/aromatic N) is 5. The van der Waals surface area contributed by atoms with E-state index in [1.165, 1.54) is 0 Å². The second-order valence-corrected chi connectivity index (χ2v) is 9.02. The van der Waals surface area contributed by atoms with Crippen LogP contribution in [0.25, 0.3) is 0 Å². The standard InChI is InChI=1S/C21H20F5N5O2S/c1-31(14-15-32)20-10-6-18(7-11-20)29-27-16-2-4-17(5-3-16)28-30-19-8-12-21(13-9-19)33-34(22,23,24,25)26/h2-13,32H,14-15H2,1H3. The van der Waals surface area contributed by atoms with E-state index >= 15 is 0 Å². The number of halogens is 5. The first kappa shape index (κ1) is 25.1. The number of hydrogen-bond donors (Lipinski definition) is 1. The molecule has 3 aromatic carbocycles. The number of rotatable bonds is 9. The van der Waals surface area contributed by atoms with Crippen molar-refractivity contribution in [3.05, 3.63) is 72.8 Å². The van der Waals surface area contributed by atoms with Crippen molar-refractivity contribution >= 4 is 38.9 Å². The third-order valence-corrected chi connectivity index (χ3v) is 4.74. The second-order valence-electron chi connectivity index (χ2n) is 7.05. The fourth-order valence-electron chi connectivity index (χ4n) is 2.62. The predicted octanol–water partition coefficient (Wildman–Crippen LogP) is 8.54. The fourth-order valence-corrected chi connectivity index (χ4v) is 3.09. The average molecular weight is 501 g/mol. The molecule has 0 heterocycles. The molecule has 3 aromatic rings. The lowest BCUT2D eigenvalue weighted by atomic mass is 10.2. The molecular weight excluding hydrogens is 481 g/mol. The van der Waals surface area contributed by atoms with Gasteiger partial charge in [0.25, 0.3) is 0 Å². The molecule has 0 fully saturated rings. The van der Waals surface area contributed by atoms with Gasteiger partial charge in [-0.2, -0.15) is 20.5 Å². The quantitative estimate of drug-likeness (QED) is 0.236. The molecule has 0 saturated carbocycles. The van der Waals surface area contributed by atoms with Gasteiger partial charge in [-0.15, -0.1) is 0 Å². The summed E-state index contributed by atoms with van der Waals surface area (Å²) >= 11 is 0. The van der Waals surface area contributed by atoms with Gasteiger partial charge in [-0.1, -0.05) is 19.4 Å². The zero-order valence-corrected chi connectivity index (χ0v) is 18.5. The second kappa shape index (κ2) is 8.99. The lowest BCUT2D eigenvalue weighted by molar-refractivity contribution is 0.243. The van der Waals surface area contributed by atoms with Crippen LogP contribution in [0.2, 0.25) is 0 Å². The third-order valence-electron chi connectivity index (χ3n) is 4.23. The zero-order chi connectivity index (χ0) is 24.9. The zero-order valence-electron chi connectivity index (χ0n) is 17.7. The summed E-state index contributed by atoms with van der Waals surface area (Å²) in [5.41, 5.74) is 2.71. The Balaban J connectivity index is 1.59. The van der Waals surface area contributed by atoms with E-state index in [2.05, 4.69) is 24.6 Å². The van der Waals surface area contributed by atoms with Crippen molar-refractivity contribution in [2.45, 2.75) is 0 Å². The molecule has 13 heteroatoms. The van der Waals surface area contributed by atoms with Crippen molar-refractivity contribution in [3.8, 4) is 5.75 Å². The third kappa shape index (κ3) is 8.41. The topological polar surface area (TPSA) is 82.1 Å². The summed E-state index contributed by atoms with van der Waals surface area (Å²) in [4.78, 5) is 1.90. The number of azo groups is 2. The molecule has 0 atom stereocenters. The first-order valence-electron chi connectivity index (χ1n) is 9.70. The number of aliphatic hydroxyl groups is 1. The van der Waals surface area contributed by atoms with E-state index in [0.717, 1.165) is 30.0 Å². The van der Waals surface area contributed by atoms with Gasteiger partial charge in [0, 0.05) is 19.3 Å². The van der Waals surface area contributed by atoms with Gasteiger partial charge in [-0.25, -0.2) is 0 Å². The molecule has 0 amide bonds. The monoisotopic (exact) mass is 501 g/mol. The van der Waals surface area contributed by atoms with Crippen LogP contribution in [0.3, 0.4) is 0 Å². The first-order valence-corrected chi connectivity index (χ1v) is 11.6. The molecule has 0 aliphatic carbocycles. The van der Waals surface area contributed by atoms with Crippen LogP contribution in [0, 0.1) is 0 Å². The highest BCUT2D eigenvalue weighted by molar-refractivity contribution is 8.42.